The number of nitrogens with zero attached hydrogens (tertiary/aromatic N) is 1. The third-order valence-corrected chi connectivity index (χ3v) is 11.1. The van der Waals surface area contributed by atoms with Gasteiger partial charge in [0.05, 0.1) is 5.57 Å². The second-order valence-corrected chi connectivity index (χ2v) is 13.4. The molecule has 0 fully saturated rings. The Kier molecular flexibility index (Phi) is 6.53. The molecule has 1 radical (unpaired) electrons. The Bertz CT molecular complexity index is 1670. The summed E-state index contributed by atoms with van der Waals surface area (Å²) in [6.07, 6.45) is 1.75. The average molecular weight is 547 g/mol. The number of carbonyl (C=O) groups excluding carboxylic acids is 2. The highest BCUT2D eigenvalue weighted by atomic mass is 32.1. The topological polar surface area (TPSA) is 37.4 Å². The normalized spacial score (nSPS) is 12.8. The Labute approximate surface area is 231 Å². The van der Waals surface area contributed by atoms with Gasteiger partial charge in [0.2, 0.25) is 0 Å². The number of ketones is 2. The van der Waals surface area contributed by atoms with Crippen LogP contribution in [0, 0.1) is 6.92 Å². The first-order valence-electron chi connectivity index (χ1n) is 12.3. The minimum absolute atomic E-state index is 0.177. The molecule has 185 valence electrons. The van der Waals surface area contributed by atoms with E-state index in [1.54, 1.807) is 28.2 Å². The first-order chi connectivity index (χ1) is 18.5. The fourth-order valence-corrected chi connectivity index (χ4v) is 8.58. The van der Waals surface area contributed by atoms with Gasteiger partial charge < -0.3 is 4.90 Å². The number of fused-ring (bicyclic) bond motifs is 1. The number of anilines is 3. The van der Waals surface area contributed by atoms with E-state index in [4.69, 9.17) is 0 Å². The fraction of sp³-hybridized carbons (Fsp3) is 0.0625. The molecule has 0 spiro atoms. The summed E-state index contributed by atoms with van der Waals surface area (Å²) in [5.74, 6) is -0.355. The SMILES string of the molecule is Cc1ccccc1N(c1ccc(C=C2C(=O)c3cscc3C2=O)s1)c1ccccc1[Si](C)c1ccccc1. The number of aryl methyl sites for hydroxylation is 1. The van der Waals surface area contributed by atoms with Gasteiger partial charge in [0, 0.05) is 38.1 Å². The molecule has 3 aromatic carbocycles. The number of rotatable bonds is 6. The van der Waals surface area contributed by atoms with Crippen molar-refractivity contribution in [2.75, 3.05) is 4.90 Å². The molecule has 2 aromatic heterocycles. The molecule has 0 unspecified atom stereocenters. The molecule has 0 amide bonds. The summed E-state index contributed by atoms with van der Waals surface area (Å²) in [7, 11) is -1.03. The number of Topliss-reactive ketones (excluding diaryl/α,β-unsaturated/α-hetero) is 2. The number of allylic oxidation sites excluding steroid dienone is 1. The molecule has 0 N–H and O–H groups in total. The molecule has 6 heteroatoms. The molecule has 0 saturated heterocycles. The van der Waals surface area contributed by atoms with Crippen molar-refractivity contribution in [3.63, 3.8) is 0 Å². The summed E-state index contributed by atoms with van der Waals surface area (Å²) in [6, 6.07) is 31.8. The summed E-state index contributed by atoms with van der Waals surface area (Å²) in [5, 5.41) is 7.25. The monoisotopic (exact) mass is 546 g/mol. The maximum atomic E-state index is 12.9. The van der Waals surface area contributed by atoms with Crippen LogP contribution in [0.3, 0.4) is 0 Å². The van der Waals surface area contributed by atoms with Crippen molar-refractivity contribution in [1.29, 1.82) is 0 Å². The molecular weight excluding hydrogens is 523 g/mol. The highest BCUT2D eigenvalue weighted by Gasteiger charge is 2.34. The van der Waals surface area contributed by atoms with Gasteiger partial charge in [-0.2, -0.15) is 11.3 Å². The lowest BCUT2D eigenvalue weighted by Crippen LogP contribution is -2.41. The third kappa shape index (κ3) is 4.30. The largest absolute Gasteiger partial charge is 0.302 e. The zero-order chi connectivity index (χ0) is 26.2. The molecule has 38 heavy (non-hydrogen) atoms. The number of hydrogen-bond donors (Lipinski definition) is 0. The highest BCUT2D eigenvalue weighted by molar-refractivity contribution is 7.17. The lowest BCUT2D eigenvalue weighted by Gasteiger charge is -2.29. The van der Waals surface area contributed by atoms with Gasteiger partial charge in [0.25, 0.3) is 0 Å². The first kappa shape index (κ1) is 24.5. The van der Waals surface area contributed by atoms with Crippen molar-refractivity contribution < 1.29 is 9.59 Å². The fourth-order valence-electron chi connectivity index (χ4n) is 4.87. The van der Waals surface area contributed by atoms with E-state index in [0.717, 1.165) is 21.3 Å². The predicted molar refractivity (Wildman–Crippen MR) is 162 cm³/mol. The van der Waals surface area contributed by atoms with Crippen LogP contribution in [-0.4, -0.2) is 20.4 Å². The summed E-state index contributed by atoms with van der Waals surface area (Å²) < 4.78 is 0. The molecule has 0 bridgehead atoms. The molecule has 3 nitrogen and oxygen atoms in total. The van der Waals surface area contributed by atoms with Gasteiger partial charge in [-0.3, -0.25) is 9.59 Å². The summed E-state index contributed by atoms with van der Waals surface area (Å²) >= 11 is 2.98. The van der Waals surface area contributed by atoms with Gasteiger partial charge in [0.1, 0.15) is 13.8 Å². The van der Waals surface area contributed by atoms with E-state index in [0.29, 0.717) is 11.1 Å². The molecule has 2 heterocycles. The standard InChI is InChI=1S/C32H24NO2S2Si/c1-21-10-6-7-13-27(21)33(28-14-8-9-15-29(28)38(2)23-11-4-3-5-12-23)30-17-16-22(37-30)18-24-31(34)25-19-36-20-26(25)32(24)35/h3-20H,1-2H3. The third-order valence-electron chi connectivity index (χ3n) is 6.87. The van der Waals surface area contributed by atoms with Crippen molar-refractivity contribution in [1.82, 2.24) is 0 Å². The van der Waals surface area contributed by atoms with E-state index in [1.165, 1.54) is 27.3 Å². The number of hydrogen-bond acceptors (Lipinski definition) is 5. The van der Waals surface area contributed by atoms with E-state index < -0.39 is 8.80 Å². The Morgan fingerprint density at radius 2 is 1.37 bits per heavy atom. The van der Waals surface area contributed by atoms with E-state index in [2.05, 4.69) is 103 Å². The number of carbonyl (C=O) groups is 2. The van der Waals surface area contributed by atoms with Gasteiger partial charge in [-0.25, -0.2) is 0 Å². The summed E-state index contributed by atoms with van der Waals surface area (Å²) in [5.41, 5.74) is 4.73. The number of para-hydroxylation sites is 2. The van der Waals surface area contributed by atoms with E-state index in [9.17, 15) is 9.59 Å². The summed E-state index contributed by atoms with van der Waals surface area (Å²) in [4.78, 5) is 28.9. The summed E-state index contributed by atoms with van der Waals surface area (Å²) in [6.45, 7) is 4.47. The van der Waals surface area contributed by atoms with Crippen molar-refractivity contribution >= 4 is 75.9 Å². The van der Waals surface area contributed by atoms with Gasteiger partial charge in [0.15, 0.2) is 11.6 Å². The predicted octanol–water partition coefficient (Wildman–Crippen LogP) is 7.29. The van der Waals surface area contributed by atoms with Crippen LogP contribution in [0.1, 0.15) is 31.2 Å². The van der Waals surface area contributed by atoms with Crippen molar-refractivity contribution in [3.8, 4) is 0 Å². The average Bonchev–Trinajstić information content (AvgIpc) is 3.67. The van der Waals surface area contributed by atoms with Crippen molar-refractivity contribution in [2.45, 2.75) is 13.5 Å². The minimum atomic E-state index is -1.03. The van der Waals surface area contributed by atoms with Gasteiger partial charge in [-0.1, -0.05) is 78.5 Å². The van der Waals surface area contributed by atoms with Crippen LogP contribution in [0.5, 0.6) is 0 Å². The lowest BCUT2D eigenvalue weighted by molar-refractivity contribution is 0.0990. The first-order valence-corrected chi connectivity index (χ1v) is 16.1. The Morgan fingerprint density at radius 1 is 0.737 bits per heavy atom. The Morgan fingerprint density at radius 3 is 2.08 bits per heavy atom. The van der Waals surface area contributed by atoms with Crippen molar-refractivity contribution in [2.24, 2.45) is 0 Å². The van der Waals surface area contributed by atoms with Crippen LogP contribution >= 0.6 is 22.7 Å². The lowest BCUT2D eigenvalue weighted by atomic mass is 10.1. The van der Waals surface area contributed by atoms with Gasteiger partial charge >= 0.3 is 0 Å². The number of benzene rings is 3. The molecule has 6 rings (SSSR count). The zero-order valence-electron chi connectivity index (χ0n) is 21.0. The Hall–Kier alpha value is -3.84. The quantitative estimate of drug-likeness (QED) is 0.128. The van der Waals surface area contributed by atoms with Crippen LogP contribution in [0.2, 0.25) is 6.55 Å². The molecule has 0 atom stereocenters. The molecule has 0 aliphatic heterocycles. The van der Waals surface area contributed by atoms with Crippen LogP contribution < -0.4 is 15.3 Å². The van der Waals surface area contributed by atoms with Crippen LogP contribution in [-0.2, 0) is 0 Å². The number of thiophene rings is 2. The molecule has 0 saturated carbocycles. The molecular formula is C32H24NO2S2Si. The maximum absolute atomic E-state index is 12.9. The van der Waals surface area contributed by atoms with E-state index in [1.807, 2.05) is 6.07 Å². The maximum Gasteiger partial charge on any atom is 0.198 e. The van der Waals surface area contributed by atoms with Gasteiger partial charge in [-0.15, -0.1) is 11.3 Å². The minimum Gasteiger partial charge on any atom is -0.302 e. The second kappa shape index (κ2) is 10.1. The van der Waals surface area contributed by atoms with Crippen LogP contribution in [0.25, 0.3) is 6.08 Å². The molecule has 1 aliphatic carbocycles. The van der Waals surface area contributed by atoms with Crippen LogP contribution in [0.4, 0.5) is 16.4 Å². The zero-order valence-corrected chi connectivity index (χ0v) is 23.6. The molecule has 1 aliphatic rings. The van der Waals surface area contributed by atoms with Crippen LogP contribution in [0.15, 0.2) is 107 Å². The van der Waals surface area contributed by atoms with E-state index >= 15 is 0 Å². The Balaban J connectivity index is 1.45. The smallest absolute Gasteiger partial charge is 0.198 e. The molecule has 5 aromatic rings. The van der Waals surface area contributed by atoms with Gasteiger partial charge in [-0.05, 0) is 48.0 Å². The van der Waals surface area contributed by atoms with Crippen molar-refractivity contribution in [3.05, 3.63) is 129 Å². The highest BCUT2D eigenvalue weighted by Crippen LogP contribution is 2.41. The second-order valence-electron chi connectivity index (χ2n) is 9.22. The van der Waals surface area contributed by atoms with E-state index in [-0.39, 0.29) is 17.1 Å².